The highest BCUT2D eigenvalue weighted by Crippen LogP contribution is 2.18. The number of rotatable bonds is 6. The molecule has 0 aliphatic heterocycles. The number of aryl methyl sites for hydroxylation is 1. The smallest absolute Gasteiger partial charge is 0.336 e. The standard InChI is InChI=1S/C15H21NO3/c1-4-11(5-2)8-14(17)16-12-7-6-10(3)13(9-12)15(18)19/h6-7,9,11H,4-5,8H2,1-3H3,(H,16,17)(H,18,19). The van der Waals surface area contributed by atoms with Gasteiger partial charge in [0.1, 0.15) is 0 Å². The molecule has 2 N–H and O–H groups in total. The number of hydrogen-bond donors (Lipinski definition) is 2. The first-order valence-corrected chi connectivity index (χ1v) is 6.61. The van der Waals surface area contributed by atoms with Gasteiger partial charge in [-0.1, -0.05) is 32.8 Å². The number of anilines is 1. The van der Waals surface area contributed by atoms with E-state index in [0.29, 0.717) is 23.6 Å². The zero-order chi connectivity index (χ0) is 14.4. The van der Waals surface area contributed by atoms with Crippen LogP contribution in [0.5, 0.6) is 0 Å². The van der Waals surface area contributed by atoms with E-state index in [0.717, 1.165) is 12.8 Å². The third kappa shape index (κ3) is 4.39. The van der Waals surface area contributed by atoms with Crippen LogP contribution in [0, 0.1) is 12.8 Å². The average molecular weight is 263 g/mol. The Bertz CT molecular complexity index is 464. The van der Waals surface area contributed by atoms with Crippen LogP contribution in [-0.4, -0.2) is 17.0 Å². The molecule has 1 aromatic rings. The Labute approximate surface area is 113 Å². The first-order valence-electron chi connectivity index (χ1n) is 6.61. The second-order valence-electron chi connectivity index (χ2n) is 4.77. The summed E-state index contributed by atoms with van der Waals surface area (Å²) in [7, 11) is 0. The van der Waals surface area contributed by atoms with Crippen LogP contribution in [0.15, 0.2) is 18.2 Å². The van der Waals surface area contributed by atoms with Crippen LogP contribution < -0.4 is 5.32 Å². The molecule has 0 spiro atoms. The molecular formula is C15H21NO3. The van der Waals surface area contributed by atoms with Gasteiger partial charge >= 0.3 is 5.97 Å². The fraction of sp³-hybridized carbons (Fsp3) is 0.467. The molecule has 0 saturated carbocycles. The molecule has 0 aliphatic rings. The molecule has 1 amide bonds. The Morgan fingerprint density at radius 3 is 2.42 bits per heavy atom. The van der Waals surface area contributed by atoms with Crippen molar-refractivity contribution >= 4 is 17.6 Å². The van der Waals surface area contributed by atoms with Crippen molar-refractivity contribution in [3.8, 4) is 0 Å². The fourth-order valence-corrected chi connectivity index (χ4v) is 1.98. The Morgan fingerprint density at radius 1 is 1.26 bits per heavy atom. The maximum atomic E-state index is 11.8. The van der Waals surface area contributed by atoms with E-state index in [-0.39, 0.29) is 11.5 Å². The molecule has 0 aromatic heterocycles. The summed E-state index contributed by atoms with van der Waals surface area (Å²) in [4.78, 5) is 22.9. The zero-order valence-corrected chi connectivity index (χ0v) is 11.7. The maximum absolute atomic E-state index is 11.8. The summed E-state index contributed by atoms with van der Waals surface area (Å²) in [5.74, 6) is -0.660. The number of aromatic carboxylic acids is 1. The van der Waals surface area contributed by atoms with Gasteiger partial charge in [0.05, 0.1) is 5.56 Å². The van der Waals surface area contributed by atoms with Gasteiger partial charge in [-0.2, -0.15) is 0 Å². The van der Waals surface area contributed by atoms with E-state index in [1.807, 2.05) is 0 Å². The third-order valence-electron chi connectivity index (χ3n) is 3.38. The maximum Gasteiger partial charge on any atom is 0.336 e. The largest absolute Gasteiger partial charge is 0.478 e. The predicted molar refractivity (Wildman–Crippen MR) is 75.5 cm³/mol. The van der Waals surface area contributed by atoms with Gasteiger partial charge in [0.2, 0.25) is 5.91 Å². The zero-order valence-electron chi connectivity index (χ0n) is 11.7. The summed E-state index contributed by atoms with van der Waals surface area (Å²) in [5.41, 5.74) is 1.45. The van der Waals surface area contributed by atoms with E-state index in [1.165, 1.54) is 6.07 Å². The topological polar surface area (TPSA) is 66.4 Å². The number of carboxylic acids is 1. The number of carboxylic acid groups (broad SMARTS) is 1. The summed E-state index contributed by atoms with van der Waals surface area (Å²) >= 11 is 0. The van der Waals surface area contributed by atoms with Crippen LogP contribution in [0.2, 0.25) is 0 Å². The lowest BCUT2D eigenvalue weighted by molar-refractivity contribution is -0.117. The van der Waals surface area contributed by atoms with Crippen molar-refractivity contribution in [1.82, 2.24) is 0 Å². The summed E-state index contributed by atoms with van der Waals surface area (Å²) in [6, 6.07) is 4.94. The summed E-state index contributed by atoms with van der Waals surface area (Å²) in [5, 5.41) is 11.8. The third-order valence-corrected chi connectivity index (χ3v) is 3.38. The quantitative estimate of drug-likeness (QED) is 0.826. The number of carbonyl (C=O) groups is 2. The van der Waals surface area contributed by atoms with Crippen LogP contribution in [0.25, 0.3) is 0 Å². The molecule has 4 heteroatoms. The molecule has 0 aliphatic carbocycles. The van der Waals surface area contributed by atoms with E-state index in [1.54, 1.807) is 19.1 Å². The van der Waals surface area contributed by atoms with E-state index >= 15 is 0 Å². The number of amides is 1. The molecule has 0 bridgehead atoms. The molecule has 104 valence electrons. The van der Waals surface area contributed by atoms with E-state index in [4.69, 9.17) is 5.11 Å². The van der Waals surface area contributed by atoms with Gasteiger partial charge in [-0.25, -0.2) is 4.79 Å². The van der Waals surface area contributed by atoms with Crippen molar-refractivity contribution < 1.29 is 14.7 Å². The first kappa shape index (κ1) is 15.2. The number of hydrogen-bond acceptors (Lipinski definition) is 2. The molecule has 1 aromatic carbocycles. The van der Waals surface area contributed by atoms with Crippen molar-refractivity contribution in [2.75, 3.05) is 5.32 Å². The van der Waals surface area contributed by atoms with Gasteiger partial charge in [-0.05, 0) is 30.5 Å². The summed E-state index contributed by atoms with van der Waals surface area (Å²) in [6.07, 6.45) is 2.42. The van der Waals surface area contributed by atoms with Crippen molar-refractivity contribution in [2.24, 2.45) is 5.92 Å². The Balaban J connectivity index is 2.74. The monoisotopic (exact) mass is 263 g/mol. The van der Waals surface area contributed by atoms with Crippen LogP contribution >= 0.6 is 0 Å². The Kier molecular flexibility index (Phi) is 5.55. The van der Waals surface area contributed by atoms with Gasteiger partial charge in [-0.15, -0.1) is 0 Å². The molecular weight excluding hydrogens is 242 g/mol. The number of benzene rings is 1. The minimum atomic E-state index is -0.978. The Hall–Kier alpha value is -1.84. The molecule has 0 unspecified atom stereocenters. The van der Waals surface area contributed by atoms with Gasteiger partial charge in [0.15, 0.2) is 0 Å². The normalized spacial score (nSPS) is 10.5. The highest BCUT2D eigenvalue weighted by Gasteiger charge is 2.12. The highest BCUT2D eigenvalue weighted by molar-refractivity contribution is 5.94. The molecule has 0 fully saturated rings. The van der Waals surface area contributed by atoms with Gasteiger partial charge in [0, 0.05) is 12.1 Å². The van der Waals surface area contributed by atoms with Gasteiger partial charge < -0.3 is 10.4 Å². The molecule has 0 heterocycles. The van der Waals surface area contributed by atoms with Crippen LogP contribution in [0.1, 0.15) is 49.0 Å². The van der Waals surface area contributed by atoms with Crippen molar-refractivity contribution in [1.29, 1.82) is 0 Å². The minimum absolute atomic E-state index is 0.0612. The lowest BCUT2D eigenvalue weighted by Crippen LogP contribution is -2.16. The first-order chi connectivity index (χ1) is 8.97. The second kappa shape index (κ2) is 6.92. The summed E-state index contributed by atoms with van der Waals surface area (Å²) in [6.45, 7) is 5.87. The molecule has 1 rings (SSSR count). The fourth-order valence-electron chi connectivity index (χ4n) is 1.98. The van der Waals surface area contributed by atoms with E-state index in [2.05, 4.69) is 19.2 Å². The number of carbonyl (C=O) groups excluding carboxylic acids is 1. The second-order valence-corrected chi connectivity index (χ2v) is 4.77. The lowest BCUT2D eigenvalue weighted by Gasteiger charge is -2.12. The van der Waals surface area contributed by atoms with Crippen molar-refractivity contribution in [2.45, 2.75) is 40.0 Å². The van der Waals surface area contributed by atoms with Crippen LogP contribution in [0.4, 0.5) is 5.69 Å². The summed E-state index contributed by atoms with van der Waals surface area (Å²) < 4.78 is 0. The van der Waals surface area contributed by atoms with Crippen LogP contribution in [0.3, 0.4) is 0 Å². The molecule has 0 saturated heterocycles. The molecule has 0 atom stereocenters. The lowest BCUT2D eigenvalue weighted by atomic mass is 9.99. The molecule has 4 nitrogen and oxygen atoms in total. The van der Waals surface area contributed by atoms with Gasteiger partial charge in [0.25, 0.3) is 0 Å². The van der Waals surface area contributed by atoms with Crippen molar-refractivity contribution in [3.05, 3.63) is 29.3 Å². The highest BCUT2D eigenvalue weighted by atomic mass is 16.4. The molecule has 0 radical (unpaired) electrons. The van der Waals surface area contributed by atoms with E-state index < -0.39 is 5.97 Å². The minimum Gasteiger partial charge on any atom is -0.478 e. The average Bonchev–Trinajstić information content (AvgIpc) is 2.37. The molecule has 19 heavy (non-hydrogen) atoms. The predicted octanol–water partition coefficient (Wildman–Crippen LogP) is 3.46. The van der Waals surface area contributed by atoms with E-state index in [9.17, 15) is 9.59 Å². The SMILES string of the molecule is CCC(CC)CC(=O)Nc1ccc(C)c(C(=O)O)c1. The Morgan fingerprint density at radius 2 is 1.89 bits per heavy atom. The van der Waals surface area contributed by atoms with Crippen molar-refractivity contribution in [3.63, 3.8) is 0 Å². The van der Waals surface area contributed by atoms with Crippen LogP contribution in [-0.2, 0) is 4.79 Å². The number of nitrogens with one attached hydrogen (secondary N) is 1. The van der Waals surface area contributed by atoms with Gasteiger partial charge in [-0.3, -0.25) is 4.79 Å².